The van der Waals surface area contributed by atoms with Crippen molar-refractivity contribution in [3.05, 3.63) is 36.2 Å². The van der Waals surface area contributed by atoms with Crippen molar-refractivity contribution in [2.45, 2.75) is 6.42 Å². The minimum atomic E-state index is -0.221. The lowest BCUT2D eigenvalue weighted by Crippen LogP contribution is -2.00. The highest BCUT2D eigenvalue weighted by molar-refractivity contribution is 5.73. The third-order valence-corrected chi connectivity index (χ3v) is 1.47. The van der Waals surface area contributed by atoms with E-state index in [0.717, 1.165) is 5.57 Å². The van der Waals surface area contributed by atoms with Crippen molar-refractivity contribution in [3.63, 3.8) is 0 Å². The number of methoxy groups -OCH3 is 1. The number of nitrogens with one attached hydrogen (secondary N) is 1. The van der Waals surface area contributed by atoms with Crippen LogP contribution < -0.4 is 5.32 Å². The van der Waals surface area contributed by atoms with Crippen LogP contribution in [0.5, 0.6) is 0 Å². The largest absolute Gasteiger partial charge is 0.469 e. The topological polar surface area (TPSA) is 38.3 Å². The third-order valence-electron chi connectivity index (χ3n) is 1.47. The average molecular weight is 165 g/mol. The zero-order valence-electron chi connectivity index (χ0n) is 6.91. The maximum atomic E-state index is 10.9. The normalized spacial score (nSPS) is 14.6. The molecule has 0 fully saturated rings. The van der Waals surface area contributed by atoms with Crippen LogP contribution in [-0.4, -0.2) is 13.1 Å². The molecule has 12 heavy (non-hydrogen) atoms. The number of carbonyl (C=O) groups is 1. The van der Waals surface area contributed by atoms with Gasteiger partial charge in [0, 0.05) is 12.4 Å². The number of ether oxygens (including phenoxy) is 1. The predicted octanol–water partition coefficient (Wildman–Crippen LogP) is 1.11. The molecule has 1 N–H and O–H groups in total. The van der Waals surface area contributed by atoms with E-state index in [1.54, 1.807) is 12.4 Å². The Morgan fingerprint density at radius 1 is 1.58 bits per heavy atom. The van der Waals surface area contributed by atoms with Crippen LogP contribution in [0, 0.1) is 0 Å². The molecule has 1 rings (SSSR count). The summed E-state index contributed by atoms with van der Waals surface area (Å²) in [6.07, 6.45) is 9.45. The van der Waals surface area contributed by atoms with E-state index in [9.17, 15) is 4.79 Å². The van der Waals surface area contributed by atoms with Gasteiger partial charge in [-0.25, -0.2) is 0 Å². The Hall–Kier alpha value is -1.51. The lowest BCUT2D eigenvalue weighted by atomic mass is 10.2. The second kappa shape index (κ2) is 4.38. The smallest absolute Gasteiger partial charge is 0.309 e. The van der Waals surface area contributed by atoms with Crippen LogP contribution in [0.25, 0.3) is 0 Å². The molecule has 0 aliphatic carbocycles. The van der Waals surface area contributed by atoms with E-state index in [0.29, 0.717) is 6.42 Å². The quantitative estimate of drug-likeness (QED) is 0.623. The molecule has 0 aromatic carbocycles. The van der Waals surface area contributed by atoms with Gasteiger partial charge in [-0.15, -0.1) is 0 Å². The molecule has 1 aliphatic heterocycles. The number of hydrogen-bond donors (Lipinski definition) is 1. The van der Waals surface area contributed by atoms with Crippen molar-refractivity contribution >= 4 is 5.97 Å². The Labute approximate surface area is 71.4 Å². The average Bonchev–Trinajstić information content (AvgIpc) is 2.33. The predicted molar refractivity (Wildman–Crippen MR) is 46.1 cm³/mol. The van der Waals surface area contributed by atoms with Crippen LogP contribution >= 0.6 is 0 Å². The molecule has 3 heteroatoms. The lowest BCUT2D eigenvalue weighted by Gasteiger charge is -1.97. The molecule has 0 saturated heterocycles. The van der Waals surface area contributed by atoms with Gasteiger partial charge in [-0.2, -0.15) is 0 Å². The fourth-order valence-corrected chi connectivity index (χ4v) is 0.850. The molecular formula is C9H11NO2. The van der Waals surface area contributed by atoms with Crippen molar-refractivity contribution in [1.29, 1.82) is 0 Å². The van der Waals surface area contributed by atoms with Gasteiger partial charge in [0.05, 0.1) is 13.5 Å². The summed E-state index contributed by atoms with van der Waals surface area (Å²) in [5.74, 6) is -0.221. The van der Waals surface area contributed by atoms with E-state index in [-0.39, 0.29) is 5.97 Å². The van der Waals surface area contributed by atoms with E-state index in [1.165, 1.54) is 7.11 Å². The van der Waals surface area contributed by atoms with E-state index in [4.69, 9.17) is 0 Å². The molecule has 0 unspecified atom stereocenters. The van der Waals surface area contributed by atoms with E-state index < -0.39 is 0 Å². The Balaban J connectivity index is 2.56. The molecule has 64 valence electrons. The molecule has 1 heterocycles. The molecule has 3 nitrogen and oxygen atoms in total. The van der Waals surface area contributed by atoms with Gasteiger partial charge < -0.3 is 10.1 Å². The number of esters is 1. The number of allylic oxidation sites excluding steroid dienone is 3. The Morgan fingerprint density at radius 3 is 3.17 bits per heavy atom. The summed E-state index contributed by atoms with van der Waals surface area (Å²) in [6.45, 7) is 0. The van der Waals surface area contributed by atoms with Crippen LogP contribution in [-0.2, 0) is 9.53 Å². The van der Waals surface area contributed by atoms with Gasteiger partial charge in [0.25, 0.3) is 0 Å². The van der Waals surface area contributed by atoms with Gasteiger partial charge in [0.15, 0.2) is 0 Å². The van der Waals surface area contributed by atoms with Gasteiger partial charge >= 0.3 is 5.97 Å². The zero-order valence-corrected chi connectivity index (χ0v) is 6.91. The van der Waals surface area contributed by atoms with Crippen molar-refractivity contribution in [3.8, 4) is 0 Å². The molecule has 0 saturated carbocycles. The summed E-state index contributed by atoms with van der Waals surface area (Å²) in [6, 6.07) is 0. The second-order valence-corrected chi connectivity index (χ2v) is 2.35. The fraction of sp³-hybridized carbons (Fsp3) is 0.222. The Kier molecular flexibility index (Phi) is 3.14. The van der Waals surface area contributed by atoms with E-state index in [1.807, 2.05) is 18.2 Å². The SMILES string of the molecule is COC(=O)CC1=CC=CNC=C1. The summed E-state index contributed by atoms with van der Waals surface area (Å²) in [5.41, 5.74) is 0.933. The summed E-state index contributed by atoms with van der Waals surface area (Å²) in [5, 5.41) is 2.90. The Morgan fingerprint density at radius 2 is 2.42 bits per heavy atom. The van der Waals surface area contributed by atoms with Gasteiger partial charge in [-0.1, -0.05) is 6.08 Å². The summed E-state index contributed by atoms with van der Waals surface area (Å²) in [4.78, 5) is 10.9. The first-order valence-electron chi connectivity index (χ1n) is 3.68. The minimum Gasteiger partial charge on any atom is -0.469 e. The third kappa shape index (κ3) is 2.62. The molecule has 0 radical (unpaired) electrons. The van der Waals surface area contributed by atoms with Gasteiger partial charge in [0.1, 0.15) is 0 Å². The summed E-state index contributed by atoms with van der Waals surface area (Å²) < 4.78 is 4.54. The number of rotatable bonds is 2. The first-order chi connectivity index (χ1) is 5.83. The highest BCUT2D eigenvalue weighted by atomic mass is 16.5. The molecule has 0 aromatic rings. The standard InChI is InChI=1S/C9H11NO2/c1-12-9(11)7-8-3-2-5-10-6-4-8/h2-6,10H,7H2,1H3. The van der Waals surface area contributed by atoms with Gasteiger partial charge in [-0.3, -0.25) is 4.79 Å². The number of carbonyl (C=O) groups excluding carboxylic acids is 1. The summed E-state index contributed by atoms with van der Waals surface area (Å²) >= 11 is 0. The lowest BCUT2D eigenvalue weighted by molar-refractivity contribution is -0.139. The number of hydrogen-bond acceptors (Lipinski definition) is 3. The molecule has 0 spiro atoms. The maximum Gasteiger partial charge on any atom is 0.309 e. The monoisotopic (exact) mass is 165 g/mol. The first-order valence-corrected chi connectivity index (χ1v) is 3.68. The van der Waals surface area contributed by atoms with Crippen LogP contribution in [0.15, 0.2) is 36.2 Å². The van der Waals surface area contributed by atoms with Crippen LogP contribution in [0.2, 0.25) is 0 Å². The molecule has 0 bridgehead atoms. The van der Waals surface area contributed by atoms with Crippen molar-refractivity contribution < 1.29 is 9.53 Å². The van der Waals surface area contributed by atoms with Crippen molar-refractivity contribution in [1.82, 2.24) is 5.32 Å². The van der Waals surface area contributed by atoms with Gasteiger partial charge in [-0.05, 0) is 17.7 Å². The van der Waals surface area contributed by atoms with Crippen LogP contribution in [0.1, 0.15) is 6.42 Å². The fourth-order valence-electron chi connectivity index (χ4n) is 0.850. The molecule has 1 aliphatic rings. The zero-order chi connectivity index (χ0) is 8.81. The molecule has 0 amide bonds. The first kappa shape index (κ1) is 8.59. The van der Waals surface area contributed by atoms with Crippen molar-refractivity contribution in [2.24, 2.45) is 0 Å². The van der Waals surface area contributed by atoms with Crippen molar-refractivity contribution in [2.75, 3.05) is 7.11 Å². The minimum absolute atomic E-state index is 0.221. The van der Waals surface area contributed by atoms with Crippen LogP contribution in [0.4, 0.5) is 0 Å². The van der Waals surface area contributed by atoms with E-state index >= 15 is 0 Å². The second-order valence-electron chi connectivity index (χ2n) is 2.35. The molecule has 0 atom stereocenters. The Bertz CT molecular complexity index is 251. The molecular weight excluding hydrogens is 154 g/mol. The highest BCUT2D eigenvalue weighted by Gasteiger charge is 2.02. The summed E-state index contributed by atoms with van der Waals surface area (Å²) in [7, 11) is 1.39. The van der Waals surface area contributed by atoms with Gasteiger partial charge in [0.2, 0.25) is 0 Å². The highest BCUT2D eigenvalue weighted by Crippen LogP contribution is 2.06. The molecule has 0 aromatic heterocycles. The van der Waals surface area contributed by atoms with E-state index in [2.05, 4.69) is 10.1 Å². The van der Waals surface area contributed by atoms with Crippen LogP contribution in [0.3, 0.4) is 0 Å². The maximum absolute atomic E-state index is 10.9.